The van der Waals surface area contributed by atoms with E-state index >= 15 is 0 Å². The summed E-state index contributed by atoms with van der Waals surface area (Å²) in [5.74, 6) is 0.700. The van der Waals surface area contributed by atoms with Crippen LogP contribution in [0.2, 0.25) is 0 Å². The van der Waals surface area contributed by atoms with Crippen molar-refractivity contribution < 1.29 is 4.79 Å². The van der Waals surface area contributed by atoms with Crippen LogP contribution in [0.1, 0.15) is 34.3 Å². The van der Waals surface area contributed by atoms with E-state index in [4.69, 9.17) is 0 Å². The summed E-state index contributed by atoms with van der Waals surface area (Å²) in [5.41, 5.74) is 3.95. The van der Waals surface area contributed by atoms with Gasteiger partial charge in [-0.05, 0) is 56.0 Å². The third kappa shape index (κ3) is 2.96. The number of hydrogen-bond donors (Lipinski definition) is 1. The highest BCUT2D eigenvalue weighted by atomic mass is 16.2. The van der Waals surface area contributed by atoms with E-state index in [2.05, 4.69) is 35.4 Å². The van der Waals surface area contributed by atoms with E-state index < -0.39 is 0 Å². The summed E-state index contributed by atoms with van der Waals surface area (Å²) < 4.78 is 0. The Bertz CT molecular complexity index is 690. The van der Waals surface area contributed by atoms with Crippen molar-refractivity contribution in [1.29, 1.82) is 0 Å². The maximum atomic E-state index is 12.7. The van der Waals surface area contributed by atoms with Crippen molar-refractivity contribution in [2.75, 3.05) is 18.4 Å². The molecule has 0 unspecified atom stereocenters. The molecule has 1 aromatic heterocycles. The van der Waals surface area contributed by atoms with Crippen molar-refractivity contribution in [1.82, 2.24) is 9.88 Å². The first-order valence-electron chi connectivity index (χ1n) is 7.74. The molecule has 1 fully saturated rings. The third-order valence-electron chi connectivity index (χ3n) is 4.08. The monoisotopic (exact) mass is 295 g/mol. The first-order valence-corrected chi connectivity index (χ1v) is 7.74. The molecule has 1 aliphatic heterocycles. The van der Waals surface area contributed by atoms with E-state index in [0.717, 1.165) is 37.2 Å². The first kappa shape index (κ1) is 14.6. The molecule has 2 aromatic rings. The molecule has 1 amide bonds. The van der Waals surface area contributed by atoms with Gasteiger partial charge in [0, 0.05) is 25.0 Å². The van der Waals surface area contributed by atoms with E-state index in [0.29, 0.717) is 11.4 Å². The lowest BCUT2D eigenvalue weighted by Crippen LogP contribution is -2.28. The van der Waals surface area contributed by atoms with Gasteiger partial charge in [0.25, 0.3) is 5.91 Å². The molecule has 3 rings (SSSR count). The number of benzene rings is 1. The number of pyridine rings is 1. The van der Waals surface area contributed by atoms with E-state index in [-0.39, 0.29) is 5.91 Å². The number of aromatic nitrogens is 1. The Morgan fingerprint density at radius 3 is 2.73 bits per heavy atom. The maximum absolute atomic E-state index is 12.7. The number of rotatable bonds is 3. The molecule has 0 aliphatic carbocycles. The van der Waals surface area contributed by atoms with Gasteiger partial charge in [0.1, 0.15) is 5.82 Å². The van der Waals surface area contributed by atoms with Crippen LogP contribution in [0.4, 0.5) is 11.5 Å². The highest BCUT2D eigenvalue weighted by molar-refractivity contribution is 5.99. The molecule has 0 spiro atoms. The van der Waals surface area contributed by atoms with Gasteiger partial charge in [0.05, 0.1) is 5.56 Å². The summed E-state index contributed by atoms with van der Waals surface area (Å²) in [6, 6.07) is 9.89. The fourth-order valence-corrected chi connectivity index (χ4v) is 2.77. The van der Waals surface area contributed by atoms with Gasteiger partial charge in [-0.15, -0.1) is 0 Å². The van der Waals surface area contributed by atoms with Crippen LogP contribution < -0.4 is 5.32 Å². The van der Waals surface area contributed by atoms with Crippen molar-refractivity contribution >= 4 is 17.4 Å². The Morgan fingerprint density at radius 1 is 1.18 bits per heavy atom. The number of nitrogens with one attached hydrogen (secondary N) is 1. The number of carbonyl (C=O) groups excluding carboxylic acids is 1. The predicted molar refractivity (Wildman–Crippen MR) is 88.6 cm³/mol. The molecule has 114 valence electrons. The molecule has 22 heavy (non-hydrogen) atoms. The average Bonchev–Trinajstić information content (AvgIpc) is 3.05. The standard InChI is InChI=1S/C18H21N3O/c1-13-7-8-14(2)16(12-13)20-17-15(6-5-9-19-17)18(22)21-10-3-4-11-21/h5-9,12H,3-4,10-11H2,1-2H3,(H,19,20). The molecule has 1 saturated heterocycles. The summed E-state index contributed by atoms with van der Waals surface area (Å²) in [6.07, 6.45) is 3.89. The molecule has 4 heteroatoms. The van der Waals surface area contributed by atoms with Gasteiger partial charge in [-0.2, -0.15) is 0 Å². The Balaban J connectivity index is 1.91. The number of anilines is 2. The van der Waals surface area contributed by atoms with E-state index in [1.807, 2.05) is 24.0 Å². The van der Waals surface area contributed by atoms with Crippen LogP contribution in [-0.4, -0.2) is 28.9 Å². The molecule has 1 aromatic carbocycles. The van der Waals surface area contributed by atoms with Gasteiger partial charge in [-0.3, -0.25) is 4.79 Å². The Kier molecular flexibility index (Phi) is 4.09. The van der Waals surface area contributed by atoms with Crippen LogP contribution >= 0.6 is 0 Å². The fraction of sp³-hybridized carbons (Fsp3) is 0.333. The van der Waals surface area contributed by atoms with Crippen molar-refractivity contribution in [2.24, 2.45) is 0 Å². The molecule has 0 bridgehead atoms. The van der Waals surface area contributed by atoms with Crippen LogP contribution in [0.5, 0.6) is 0 Å². The third-order valence-corrected chi connectivity index (χ3v) is 4.08. The summed E-state index contributed by atoms with van der Waals surface area (Å²) in [7, 11) is 0. The van der Waals surface area contributed by atoms with Crippen LogP contribution in [-0.2, 0) is 0 Å². The van der Waals surface area contributed by atoms with Gasteiger partial charge >= 0.3 is 0 Å². The number of amides is 1. The van der Waals surface area contributed by atoms with Crippen molar-refractivity contribution in [3.63, 3.8) is 0 Å². The van der Waals surface area contributed by atoms with Gasteiger partial charge in [0.15, 0.2) is 0 Å². The molecule has 2 heterocycles. The molecule has 4 nitrogen and oxygen atoms in total. The fourth-order valence-electron chi connectivity index (χ4n) is 2.77. The van der Waals surface area contributed by atoms with Crippen LogP contribution in [0.3, 0.4) is 0 Å². The average molecular weight is 295 g/mol. The highest BCUT2D eigenvalue weighted by Crippen LogP contribution is 2.24. The topological polar surface area (TPSA) is 45.2 Å². The lowest BCUT2D eigenvalue weighted by molar-refractivity contribution is 0.0793. The van der Waals surface area contributed by atoms with E-state index in [1.54, 1.807) is 6.20 Å². The quantitative estimate of drug-likeness (QED) is 0.939. The number of likely N-dealkylation sites (tertiary alicyclic amines) is 1. The second-order valence-corrected chi connectivity index (χ2v) is 5.84. The number of nitrogens with zero attached hydrogens (tertiary/aromatic N) is 2. The zero-order chi connectivity index (χ0) is 15.5. The predicted octanol–water partition coefficient (Wildman–Crippen LogP) is 3.68. The van der Waals surface area contributed by atoms with Crippen LogP contribution in [0.15, 0.2) is 36.5 Å². The number of aryl methyl sites for hydroxylation is 2. The smallest absolute Gasteiger partial charge is 0.257 e. The SMILES string of the molecule is Cc1ccc(C)c(Nc2ncccc2C(=O)N2CCCC2)c1. The van der Waals surface area contributed by atoms with Gasteiger partial charge in [-0.1, -0.05) is 12.1 Å². The second-order valence-electron chi connectivity index (χ2n) is 5.84. The zero-order valence-electron chi connectivity index (χ0n) is 13.1. The van der Waals surface area contributed by atoms with Crippen LogP contribution in [0.25, 0.3) is 0 Å². The maximum Gasteiger partial charge on any atom is 0.257 e. The minimum Gasteiger partial charge on any atom is -0.339 e. The summed E-state index contributed by atoms with van der Waals surface area (Å²) in [5, 5.41) is 3.33. The summed E-state index contributed by atoms with van der Waals surface area (Å²) in [4.78, 5) is 18.9. The highest BCUT2D eigenvalue weighted by Gasteiger charge is 2.22. The van der Waals surface area contributed by atoms with Crippen molar-refractivity contribution in [2.45, 2.75) is 26.7 Å². The Labute approximate surface area is 131 Å². The van der Waals surface area contributed by atoms with Gasteiger partial charge in [0.2, 0.25) is 0 Å². The van der Waals surface area contributed by atoms with Crippen molar-refractivity contribution in [3.8, 4) is 0 Å². The minimum atomic E-state index is 0.0680. The number of hydrogen-bond acceptors (Lipinski definition) is 3. The van der Waals surface area contributed by atoms with Crippen molar-refractivity contribution in [3.05, 3.63) is 53.2 Å². The molecule has 0 atom stereocenters. The molecule has 0 saturated carbocycles. The lowest BCUT2D eigenvalue weighted by Gasteiger charge is -2.18. The molecular formula is C18H21N3O. The summed E-state index contributed by atoms with van der Waals surface area (Å²) >= 11 is 0. The number of carbonyl (C=O) groups is 1. The van der Waals surface area contributed by atoms with Gasteiger partial charge < -0.3 is 10.2 Å². The Hall–Kier alpha value is -2.36. The zero-order valence-corrected chi connectivity index (χ0v) is 13.1. The molecule has 1 N–H and O–H groups in total. The minimum absolute atomic E-state index is 0.0680. The Morgan fingerprint density at radius 2 is 1.95 bits per heavy atom. The van der Waals surface area contributed by atoms with E-state index in [9.17, 15) is 4.79 Å². The lowest BCUT2D eigenvalue weighted by atomic mass is 10.1. The molecule has 1 aliphatic rings. The first-order chi connectivity index (χ1) is 10.6. The summed E-state index contributed by atoms with van der Waals surface area (Å²) in [6.45, 7) is 5.79. The second kappa shape index (κ2) is 6.18. The van der Waals surface area contributed by atoms with E-state index in [1.165, 1.54) is 5.56 Å². The molecule has 0 radical (unpaired) electrons. The normalized spacial score (nSPS) is 14.2. The molecular weight excluding hydrogens is 274 g/mol. The van der Waals surface area contributed by atoms with Crippen LogP contribution in [0, 0.1) is 13.8 Å². The largest absolute Gasteiger partial charge is 0.339 e. The van der Waals surface area contributed by atoms with Gasteiger partial charge in [-0.25, -0.2) is 4.98 Å².